The fraction of sp³-hybridized carbons (Fsp3) is 0.182. The van der Waals surface area contributed by atoms with Crippen LogP contribution < -0.4 is 5.84 Å². The molecule has 90 valence electrons. The summed E-state index contributed by atoms with van der Waals surface area (Å²) in [5, 5.41) is 21.4. The molecule has 0 saturated carbocycles. The van der Waals surface area contributed by atoms with Crippen LogP contribution in [0.5, 0.6) is 0 Å². The van der Waals surface area contributed by atoms with Gasteiger partial charge in [-0.15, -0.1) is 0 Å². The van der Waals surface area contributed by atoms with E-state index in [1.54, 1.807) is 6.07 Å². The Kier molecular flexibility index (Phi) is 3.95. The highest BCUT2D eigenvalue weighted by atomic mass is 16.4. The Morgan fingerprint density at radius 2 is 1.82 bits per heavy atom. The predicted molar refractivity (Wildman–Crippen MR) is 60.8 cm³/mol. The minimum absolute atomic E-state index is 0.0911. The molecule has 1 aromatic carbocycles. The van der Waals surface area contributed by atoms with Gasteiger partial charge in [0.1, 0.15) is 11.8 Å². The first-order valence-electron chi connectivity index (χ1n) is 4.82. The second-order valence-corrected chi connectivity index (χ2v) is 3.37. The standard InChI is InChI=1S/C11H12N2O4/c1-6(14)10(15)9(13-12)7-4-2-3-5-8(7)11(16)17/h2-6,14H,12H2,1H3,(H,16,17)/b13-9+. The van der Waals surface area contributed by atoms with Crippen molar-refractivity contribution in [1.82, 2.24) is 0 Å². The molecule has 1 atom stereocenters. The highest BCUT2D eigenvalue weighted by Crippen LogP contribution is 2.11. The lowest BCUT2D eigenvalue weighted by atomic mass is 9.98. The zero-order chi connectivity index (χ0) is 13.0. The van der Waals surface area contributed by atoms with Crippen LogP contribution in [0.4, 0.5) is 0 Å². The summed E-state index contributed by atoms with van der Waals surface area (Å²) in [5.74, 6) is 3.16. The molecule has 0 bridgehead atoms. The molecule has 0 aromatic heterocycles. The second kappa shape index (κ2) is 5.22. The first-order chi connectivity index (χ1) is 7.99. The fourth-order valence-electron chi connectivity index (χ4n) is 1.34. The number of hydrazone groups is 1. The van der Waals surface area contributed by atoms with Crippen LogP contribution in [0.15, 0.2) is 29.4 Å². The Morgan fingerprint density at radius 1 is 1.29 bits per heavy atom. The molecule has 0 saturated heterocycles. The summed E-state index contributed by atoms with van der Waals surface area (Å²) in [4.78, 5) is 22.6. The molecule has 4 N–H and O–H groups in total. The van der Waals surface area contributed by atoms with Crippen LogP contribution >= 0.6 is 0 Å². The third-order valence-electron chi connectivity index (χ3n) is 2.15. The molecule has 17 heavy (non-hydrogen) atoms. The molecule has 0 aliphatic heterocycles. The van der Waals surface area contributed by atoms with Gasteiger partial charge in [-0.05, 0) is 13.0 Å². The summed E-state index contributed by atoms with van der Waals surface area (Å²) in [6, 6.07) is 5.82. The summed E-state index contributed by atoms with van der Waals surface area (Å²) in [6.45, 7) is 1.26. The normalized spacial score (nSPS) is 13.2. The van der Waals surface area contributed by atoms with Crippen LogP contribution in [0.25, 0.3) is 0 Å². The average Bonchev–Trinajstić information content (AvgIpc) is 2.30. The molecule has 0 aliphatic carbocycles. The summed E-state index contributed by atoms with van der Waals surface area (Å²) >= 11 is 0. The molecular formula is C11H12N2O4. The lowest BCUT2D eigenvalue weighted by Crippen LogP contribution is -2.29. The van der Waals surface area contributed by atoms with Gasteiger partial charge in [0, 0.05) is 5.56 Å². The van der Waals surface area contributed by atoms with Gasteiger partial charge >= 0.3 is 5.97 Å². The molecule has 1 rings (SSSR count). The lowest BCUT2D eigenvalue weighted by molar-refractivity contribution is -0.119. The van der Waals surface area contributed by atoms with E-state index in [9.17, 15) is 14.7 Å². The van der Waals surface area contributed by atoms with E-state index in [2.05, 4.69) is 5.10 Å². The molecule has 1 unspecified atom stereocenters. The number of ketones is 1. The largest absolute Gasteiger partial charge is 0.478 e. The number of nitrogens with zero attached hydrogens (tertiary/aromatic N) is 1. The number of hydrogen-bond acceptors (Lipinski definition) is 5. The molecule has 0 amide bonds. The van der Waals surface area contributed by atoms with Crippen molar-refractivity contribution in [1.29, 1.82) is 0 Å². The van der Waals surface area contributed by atoms with E-state index < -0.39 is 17.9 Å². The summed E-state index contributed by atoms with van der Waals surface area (Å²) < 4.78 is 0. The average molecular weight is 236 g/mol. The summed E-state index contributed by atoms with van der Waals surface area (Å²) in [7, 11) is 0. The van der Waals surface area contributed by atoms with E-state index in [0.29, 0.717) is 0 Å². The number of carbonyl (C=O) groups excluding carboxylic acids is 1. The van der Waals surface area contributed by atoms with Crippen molar-refractivity contribution in [2.45, 2.75) is 13.0 Å². The minimum Gasteiger partial charge on any atom is -0.478 e. The Bertz CT molecular complexity index is 480. The van der Waals surface area contributed by atoms with Crippen LogP contribution in [0.1, 0.15) is 22.8 Å². The maximum Gasteiger partial charge on any atom is 0.336 e. The number of aliphatic hydroxyl groups is 1. The van der Waals surface area contributed by atoms with E-state index in [0.717, 1.165) is 0 Å². The minimum atomic E-state index is -1.29. The van der Waals surface area contributed by atoms with Crippen LogP contribution in [0, 0.1) is 0 Å². The number of aliphatic hydroxyl groups excluding tert-OH is 1. The second-order valence-electron chi connectivity index (χ2n) is 3.37. The Labute approximate surface area is 97.4 Å². The molecule has 0 radical (unpaired) electrons. The van der Waals surface area contributed by atoms with E-state index in [4.69, 9.17) is 10.9 Å². The number of Topliss-reactive ketones (excluding diaryl/α,β-unsaturated/α-hetero) is 1. The Balaban J connectivity index is 3.32. The number of carboxylic acid groups (broad SMARTS) is 1. The zero-order valence-corrected chi connectivity index (χ0v) is 9.12. The van der Waals surface area contributed by atoms with Gasteiger partial charge in [-0.1, -0.05) is 18.2 Å². The van der Waals surface area contributed by atoms with Crippen molar-refractivity contribution < 1.29 is 19.8 Å². The Hall–Kier alpha value is -2.21. The van der Waals surface area contributed by atoms with Crippen LogP contribution in [0.3, 0.4) is 0 Å². The van der Waals surface area contributed by atoms with Crippen molar-refractivity contribution in [3.8, 4) is 0 Å². The van der Waals surface area contributed by atoms with Gasteiger partial charge in [0.15, 0.2) is 0 Å². The third kappa shape index (κ3) is 2.67. The molecule has 0 heterocycles. The van der Waals surface area contributed by atoms with E-state index in [1.165, 1.54) is 25.1 Å². The van der Waals surface area contributed by atoms with Gasteiger partial charge in [0.2, 0.25) is 5.78 Å². The van der Waals surface area contributed by atoms with Crippen LogP contribution in [-0.2, 0) is 4.79 Å². The number of nitrogens with two attached hydrogens (primary N) is 1. The smallest absolute Gasteiger partial charge is 0.336 e. The van der Waals surface area contributed by atoms with Gasteiger partial charge < -0.3 is 16.1 Å². The van der Waals surface area contributed by atoms with Crippen LogP contribution in [-0.4, -0.2) is 33.8 Å². The van der Waals surface area contributed by atoms with Gasteiger partial charge in [-0.2, -0.15) is 5.10 Å². The zero-order valence-electron chi connectivity index (χ0n) is 9.12. The number of hydrogen-bond donors (Lipinski definition) is 3. The number of carboxylic acids is 1. The molecule has 6 nitrogen and oxygen atoms in total. The quantitative estimate of drug-likeness (QED) is 0.387. The Morgan fingerprint density at radius 3 is 2.24 bits per heavy atom. The molecule has 0 spiro atoms. The lowest BCUT2D eigenvalue weighted by Gasteiger charge is -2.09. The van der Waals surface area contributed by atoms with Crippen molar-refractivity contribution in [3.05, 3.63) is 35.4 Å². The number of benzene rings is 1. The number of carbonyl (C=O) groups is 2. The van der Waals surface area contributed by atoms with Crippen molar-refractivity contribution in [2.75, 3.05) is 0 Å². The van der Waals surface area contributed by atoms with Gasteiger partial charge in [0.05, 0.1) is 5.56 Å². The van der Waals surface area contributed by atoms with Crippen LogP contribution in [0.2, 0.25) is 0 Å². The third-order valence-corrected chi connectivity index (χ3v) is 2.15. The molecule has 0 fully saturated rings. The van der Waals surface area contributed by atoms with Crippen molar-refractivity contribution in [2.24, 2.45) is 10.9 Å². The van der Waals surface area contributed by atoms with Crippen molar-refractivity contribution in [3.63, 3.8) is 0 Å². The highest BCUT2D eigenvalue weighted by molar-refractivity contribution is 6.48. The van der Waals surface area contributed by atoms with Gasteiger partial charge in [-0.25, -0.2) is 4.79 Å². The maximum atomic E-state index is 11.6. The van der Waals surface area contributed by atoms with E-state index in [1.807, 2.05) is 0 Å². The molecule has 6 heteroatoms. The molecule has 0 aliphatic rings. The molecular weight excluding hydrogens is 224 g/mol. The number of rotatable bonds is 4. The first kappa shape index (κ1) is 12.9. The number of aromatic carboxylic acids is 1. The highest BCUT2D eigenvalue weighted by Gasteiger charge is 2.23. The van der Waals surface area contributed by atoms with Gasteiger partial charge in [0.25, 0.3) is 0 Å². The topological polar surface area (TPSA) is 113 Å². The summed E-state index contributed by atoms with van der Waals surface area (Å²) in [5.41, 5.74) is -0.253. The fourth-order valence-corrected chi connectivity index (χ4v) is 1.34. The van der Waals surface area contributed by atoms with Gasteiger partial charge in [-0.3, -0.25) is 4.79 Å². The van der Waals surface area contributed by atoms with E-state index >= 15 is 0 Å². The van der Waals surface area contributed by atoms with E-state index in [-0.39, 0.29) is 16.8 Å². The maximum absolute atomic E-state index is 11.6. The van der Waals surface area contributed by atoms with Crippen molar-refractivity contribution >= 4 is 17.5 Å². The summed E-state index contributed by atoms with van der Waals surface area (Å²) in [6.07, 6.45) is -1.29. The predicted octanol–water partition coefficient (Wildman–Crippen LogP) is -0.00250. The SMILES string of the molecule is CC(O)C(=O)/C(=N/N)c1ccccc1C(=O)O. The monoisotopic (exact) mass is 236 g/mol. The molecule has 1 aromatic rings. The first-order valence-corrected chi connectivity index (χ1v) is 4.82.